The van der Waals surface area contributed by atoms with Gasteiger partial charge in [-0.05, 0) is 66.4 Å². The van der Waals surface area contributed by atoms with Crippen LogP contribution in [-0.4, -0.2) is 4.57 Å². The van der Waals surface area contributed by atoms with Crippen molar-refractivity contribution in [3.05, 3.63) is 63.5 Å². The van der Waals surface area contributed by atoms with Crippen molar-refractivity contribution in [1.82, 2.24) is 4.57 Å². The number of aromatic nitrogens is 2. The second-order valence-corrected chi connectivity index (χ2v) is 8.42. The van der Waals surface area contributed by atoms with Crippen molar-refractivity contribution >= 4 is 27.5 Å². The third-order valence-corrected chi connectivity index (χ3v) is 6.11. The maximum atomic E-state index is 6.09. The molecule has 4 rings (SSSR count). The second-order valence-electron chi connectivity index (χ2n) is 6.97. The lowest BCUT2D eigenvalue weighted by Gasteiger charge is -2.10. The number of allylic oxidation sites excluding steroid dienone is 4. The van der Waals surface area contributed by atoms with E-state index in [1.54, 1.807) is 0 Å². The monoisotopic (exact) mass is 417 g/mol. The van der Waals surface area contributed by atoms with E-state index in [0.717, 1.165) is 31.0 Å². The lowest BCUT2D eigenvalue weighted by atomic mass is 10.1. The van der Waals surface area contributed by atoms with Crippen molar-refractivity contribution in [2.24, 2.45) is 0 Å². The Kier molecular flexibility index (Phi) is 5.14. The third kappa shape index (κ3) is 3.78. The molecule has 0 saturated carbocycles. The summed E-state index contributed by atoms with van der Waals surface area (Å²) in [5.74, 6) is 1.47. The molecule has 0 amide bonds. The first-order valence-corrected chi connectivity index (χ1v) is 10.3. The third-order valence-electron chi connectivity index (χ3n) is 5.19. The quantitative estimate of drug-likeness (QED) is 0.555. The van der Waals surface area contributed by atoms with Crippen LogP contribution >= 0.6 is 27.5 Å². The van der Waals surface area contributed by atoms with Crippen LogP contribution in [0, 0.1) is 0 Å². The second kappa shape index (κ2) is 7.51. The molecule has 1 aromatic heterocycles. The summed E-state index contributed by atoms with van der Waals surface area (Å²) in [6, 6.07) is 8.26. The van der Waals surface area contributed by atoms with Gasteiger partial charge in [0, 0.05) is 17.0 Å². The van der Waals surface area contributed by atoms with Crippen molar-refractivity contribution in [3.63, 3.8) is 0 Å². The molecule has 4 heteroatoms. The minimum Gasteiger partial charge on any atom is -0.230 e. The molecule has 2 nitrogen and oxygen atoms in total. The summed E-state index contributed by atoms with van der Waals surface area (Å²) in [6.45, 7) is 2.12. The van der Waals surface area contributed by atoms with Gasteiger partial charge in [0.1, 0.15) is 12.7 Å². The molecule has 1 aromatic carbocycles. The summed E-state index contributed by atoms with van der Waals surface area (Å²) in [6.07, 6.45) is 14.1. The first-order chi connectivity index (χ1) is 12.2. The normalized spacial score (nSPS) is 17.5. The van der Waals surface area contributed by atoms with E-state index in [4.69, 9.17) is 11.6 Å². The van der Waals surface area contributed by atoms with Gasteiger partial charge in [-0.15, -0.1) is 0 Å². The molecule has 1 aliphatic carbocycles. The summed E-state index contributed by atoms with van der Waals surface area (Å²) in [5, 5.41) is 0.795. The number of hydrogen-bond donors (Lipinski definition) is 0. The standard InChI is InChI=1S/C21H23BrClN2/c22-18-9-5-16(6-10-18)14-24-15-20(17-7-11-19(23)12-8-17)25-13-3-1-2-4-21(24)25/h5,7-9,11-12,15H,1-4,6,10,13-14H2/q+1. The van der Waals surface area contributed by atoms with Gasteiger partial charge >= 0.3 is 0 Å². The topological polar surface area (TPSA) is 8.81 Å². The van der Waals surface area contributed by atoms with Gasteiger partial charge in [0.2, 0.25) is 0 Å². The number of nitrogens with zero attached hydrogens (tertiary/aromatic N) is 2. The lowest BCUT2D eigenvalue weighted by molar-refractivity contribution is -0.696. The van der Waals surface area contributed by atoms with Crippen LogP contribution in [0.1, 0.15) is 37.9 Å². The Morgan fingerprint density at radius 1 is 1.00 bits per heavy atom. The molecule has 0 spiro atoms. The highest BCUT2D eigenvalue weighted by Crippen LogP contribution is 2.27. The number of imidazole rings is 1. The van der Waals surface area contributed by atoms with Gasteiger partial charge in [-0.1, -0.05) is 39.7 Å². The zero-order valence-electron chi connectivity index (χ0n) is 14.3. The summed E-state index contributed by atoms with van der Waals surface area (Å²) in [5.41, 5.74) is 4.08. The van der Waals surface area contributed by atoms with Crippen LogP contribution in [0.3, 0.4) is 0 Å². The van der Waals surface area contributed by atoms with Crippen molar-refractivity contribution in [3.8, 4) is 11.3 Å². The Morgan fingerprint density at radius 2 is 1.84 bits per heavy atom. The van der Waals surface area contributed by atoms with Gasteiger partial charge in [-0.2, -0.15) is 0 Å². The Labute approximate surface area is 162 Å². The van der Waals surface area contributed by atoms with Gasteiger partial charge in [0.15, 0.2) is 5.69 Å². The van der Waals surface area contributed by atoms with Crippen LogP contribution in [0.15, 0.2) is 52.7 Å². The average Bonchev–Trinajstić information content (AvgIpc) is 2.80. The molecule has 25 heavy (non-hydrogen) atoms. The highest BCUT2D eigenvalue weighted by atomic mass is 79.9. The number of fused-ring (bicyclic) bond motifs is 1. The van der Waals surface area contributed by atoms with Crippen LogP contribution < -0.4 is 4.57 Å². The number of rotatable bonds is 3. The van der Waals surface area contributed by atoms with Gasteiger partial charge < -0.3 is 0 Å². The average molecular weight is 419 g/mol. The van der Waals surface area contributed by atoms with Crippen molar-refractivity contribution in [1.29, 1.82) is 0 Å². The molecule has 0 radical (unpaired) electrons. The van der Waals surface area contributed by atoms with Crippen LogP contribution in [-0.2, 0) is 19.5 Å². The van der Waals surface area contributed by atoms with Crippen molar-refractivity contribution in [2.75, 3.05) is 0 Å². The molecule has 0 bridgehead atoms. The fraction of sp³-hybridized carbons (Fsp3) is 0.381. The van der Waals surface area contributed by atoms with Crippen molar-refractivity contribution < 1.29 is 4.57 Å². The first kappa shape index (κ1) is 17.1. The van der Waals surface area contributed by atoms with Crippen LogP contribution in [0.5, 0.6) is 0 Å². The van der Waals surface area contributed by atoms with Crippen molar-refractivity contribution in [2.45, 2.75) is 51.6 Å². The molecule has 2 aliphatic rings. The molecule has 130 valence electrons. The molecule has 2 aromatic rings. The zero-order chi connectivity index (χ0) is 17.2. The maximum Gasteiger partial charge on any atom is 0.257 e. The van der Waals surface area contributed by atoms with E-state index in [1.165, 1.54) is 52.8 Å². The van der Waals surface area contributed by atoms with E-state index in [0.29, 0.717) is 0 Å². The first-order valence-electron chi connectivity index (χ1n) is 9.12. The molecule has 2 heterocycles. The summed E-state index contributed by atoms with van der Waals surface area (Å²) in [7, 11) is 0. The Morgan fingerprint density at radius 3 is 2.60 bits per heavy atom. The highest BCUT2D eigenvalue weighted by Gasteiger charge is 2.26. The largest absolute Gasteiger partial charge is 0.257 e. The number of halogens is 2. The van der Waals surface area contributed by atoms with E-state index in [-0.39, 0.29) is 0 Å². The Hall–Kier alpha value is -1.32. The van der Waals surface area contributed by atoms with E-state index >= 15 is 0 Å². The van der Waals surface area contributed by atoms with E-state index < -0.39 is 0 Å². The molecular formula is C21H23BrClN2+. The Bertz CT molecular complexity index is 830. The predicted octanol–water partition coefficient (Wildman–Crippen LogP) is 5.82. The van der Waals surface area contributed by atoms with Crippen LogP contribution in [0.2, 0.25) is 5.02 Å². The van der Waals surface area contributed by atoms with Gasteiger partial charge in [-0.25, -0.2) is 9.13 Å². The van der Waals surface area contributed by atoms with E-state index in [9.17, 15) is 0 Å². The van der Waals surface area contributed by atoms with Crippen LogP contribution in [0.4, 0.5) is 0 Å². The van der Waals surface area contributed by atoms with Gasteiger partial charge in [0.25, 0.3) is 5.82 Å². The molecule has 0 saturated heterocycles. The van der Waals surface area contributed by atoms with E-state index in [2.05, 4.69) is 55.5 Å². The summed E-state index contributed by atoms with van der Waals surface area (Å²) in [4.78, 5) is 0. The maximum absolute atomic E-state index is 6.09. The minimum atomic E-state index is 0.795. The summed E-state index contributed by atoms with van der Waals surface area (Å²) < 4.78 is 6.32. The molecule has 1 aliphatic heterocycles. The molecule has 0 fully saturated rings. The SMILES string of the molecule is Clc1ccc(-c2c[n+](CC3=CC=C(Br)CC3)c3n2CCCCC3)cc1. The lowest BCUT2D eigenvalue weighted by Crippen LogP contribution is -2.38. The number of hydrogen-bond acceptors (Lipinski definition) is 0. The Balaban J connectivity index is 1.73. The number of benzene rings is 1. The predicted molar refractivity (Wildman–Crippen MR) is 107 cm³/mol. The van der Waals surface area contributed by atoms with Gasteiger partial charge in [-0.3, -0.25) is 0 Å². The smallest absolute Gasteiger partial charge is 0.230 e. The minimum absolute atomic E-state index is 0.795. The van der Waals surface area contributed by atoms with Crippen LogP contribution in [0.25, 0.3) is 11.3 Å². The molecule has 0 N–H and O–H groups in total. The van der Waals surface area contributed by atoms with Gasteiger partial charge in [0.05, 0.1) is 6.54 Å². The van der Waals surface area contributed by atoms with E-state index in [1.807, 2.05) is 12.1 Å². The fourth-order valence-corrected chi connectivity index (χ4v) is 4.29. The molecular weight excluding hydrogens is 396 g/mol. The summed E-state index contributed by atoms with van der Waals surface area (Å²) >= 11 is 9.69. The zero-order valence-corrected chi connectivity index (χ0v) is 16.7. The molecule has 0 unspecified atom stereocenters. The fourth-order valence-electron chi connectivity index (χ4n) is 3.84. The highest BCUT2D eigenvalue weighted by molar-refractivity contribution is 9.11. The molecule has 0 atom stereocenters.